The first kappa shape index (κ1) is 14.3. The Balaban J connectivity index is 2.00. The van der Waals surface area contributed by atoms with E-state index in [1.807, 2.05) is 24.3 Å². The van der Waals surface area contributed by atoms with Gasteiger partial charge in [0.15, 0.2) is 0 Å². The van der Waals surface area contributed by atoms with Gasteiger partial charge in [-0.05, 0) is 30.4 Å². The van der Waals surface area contributed by atoms with Crippen LogP contribution in [0, 0.1) is 0 Å². The summed E-state index contributed by atoms with van der Waals surface area (Å²) in [5, 5.41) is 3.93. The highest BCUT2D eigenvalue weighted by atomic mass is 32.1. The van der Waals surface area contributed by atoms with Crippen molar-refractivity contribution in [2.24, 2.45) is 0 Å². The third-order valence-corrected chi connectivity index (χ3v) is 3.75. The minimum atomic E-state index is -0.205. The second kappa shape index (κ2) is 5.98. The Kier molecular flexibility index (Phi) is 3.88. The Morgan fingerprint density at radius 2 is 2.05 bits per heavy atom. The normalized spacial score (nSPS) is 11.2. The minimum absolute atomic E-state index is 0.205. The van der Waals surface area contributed by atoms with E-state index >= 15 is 0 Å². The van der Waals surface area contributed by atoms with Crippen molar-refractivity contribution in [2.75, 3.05) is 14.2 Å². The van der Waals surface area contributed by atoms with Crippen LogP contribution in [0.3, 0.4) is 0 Å². The summed E-state index contributed by atoms with van der Waals surface area (Å²) < 4.78 is 11.8. The second-order valence-electron chi connectivity index (χ2n) is 4.39. The average molecular weight is 315 g/mol. The van der Waals surface area contributed by atoms with Gasteiger partial charge in [-0.2, -0.15) is 9.61 Å². The maximum atomic E-state index is 11.9. The number of rotatable bonds is 4. The number of methoxy groups -OCH3 is 2. The van der Waals surface area contributed by atoms with E-state index in [1.165, 1.54) is 21.9 Å². The summed E-state index contributed by atoms with van der Waals surface area (Å²) in [6.07, 6.45) is 3.60. The van der Waals surface area contributed by atoms with E-state index in [-0.39, 0.29) is 5.56 Å². The van der Waals surface area contributed by atoms with Crippen molar-refractivity contribution in [2.45, 2.75) is 0 Å². The molecule has 0 radical (unpaired) electrons. The second-order valence-corrected chi connectivity index (χ2v) is 5.21. The molecule has 0 aliphatic rings. The highest BCUT2D eigenvalue weighted by Gasteiger charge is 2.04. The van der Waals surface area contributed by atoms with Crippen molar-refractivity contribution in [3.8, 4) is 11.5 Å². The Hall–Kier alpha value is -2.67. The van der Waals surface area contributed by atoms with Gasteiger partial charge in [-0.3, -0.25) is 4.79 Å². The van der Waals surface area contributed by atoms with Gasteiger partial charge in [0.05, 0.1) is 19.9 Å². The number of hydrogen-bond donors (Lipinski definition) is 0. The van der Waals surface area contributed by atoms with Gasteiger partial charge in [-0.25, -0.2) is 4.98 Å². The molecule has 0 fully saturated rings. The van der Waals surface area contributed by atoms with E-state index in [1.54, 1.807) is 25.8 Å². The van der Waals surface area contributed by atoms with E-state index in [2.05, 4.69) is 10.1 Å². The lowest BCUT2D eigenvalue weighted by molar-refractivity contribution is 0.402. The first-order valence-corrected chi connectivity index (χ1v) is 7.33. The van der Waals surface area contributed by atoms with Crippen LogP contribution in [0.2, 0.25) is 0 Å². The number of aromatic nitrogens is 3. The van der Waals surface area contributed by atoms with E-state index in [9.17, 15) is 4.79 Å². The van der Waals surface area contributed by atoms with Gasteiger partial charge in [-0.1, -0.05) is 11.3 Å². The third-order valence-electron chi connectivity index (χ3n) is 3.08. The zero-order valence-electron chi connectivity index (χ0n) is 12.0. The molecule has 0 atom stereocenters. The molecule has 2 heterocycles. The van der Waals surface area contributed by atoms with Crippen LogP contribution < -0.4 is 15.0 Å². The Bertz CT molecular complexity index is 898. The SMILES string of the molecule is COc1ccc(OC)c(/C=C/c2cc(=O)n3ncsc3n2)c1. The summed E-state index contributed by atoms with van der Waals surface area (Å²) in [5.74, 6) is 1.44. The Morgan fingerprint density at radius 1 is 1.18 bits per heavy atom. The van der Waals surface area contributed by atoms with Crippen LogP contribution in [0.15, 0.2) is 34.6 Å². The zero-order chi connectivity index (χ0) is 15.5. The van der Waals surface area contributed by atoms with E-state index < -0.39 is 0 Å². The summed E-state index contributed by atoms with van der Waals surface area (Å²) in [5.41, 5.74) is 2.79. The fraction of sp³-hybridized carbons (Fsp3) is 0.133. The van der Waals surface area contributed by atoms with Gasteiger partial charge in [0.25, 0.3) is 5.56 Å². The maximum absolute atomic E-state index is 11.9. The molecule has 22 heavy (non-hydrogen) atoms. The molecule has 2 aromatic heterocycles. The Morgan fingerprint density at radius 3 is 2.82 bits per heavy atom. The standard InChI is InChI=1S/C15H13N3O3S/c1-20-12-5-6-13(21-2)10(7-12)3-4-11-8-14(19)18-15(17-11)22-9-16-18/h3-9H,1-2H3/b4-3+. The van der Waals surface area contributed by atoms with Crippen molar-refractivity contribution < 1.29 is 9.47 Å². The number of hydrogen-bond acceptors (Lipinski definition) is 6. The third kappa shape index (κ3) is 2.71. The lowest BCUT2D eigenvalue weighted by atomic mass is 10.1. The van der Waals surface area contributed by atoms with Gasteiger partial charge in [0, 0.05) is 11.6 Å². The summed E-state index contributed by atoms with van der Waals surface area (Å²) >= 11 is 1.31. The molecule has 0 aliphatic carbocycles. The van der Waals surface area contributed by atoms with Crippen molar-refractivity contribution in [1.29, 1.82) is 0 Å². The summed E-state index contributed by atoms with van der Waals surface area (Å²) in [4.78, 5) is 16.8. The molecule has 0 aliphatic heterocycles. The summed E-state index contributed by atoms with van der Waals surface area (Å²) in [6, 6.07) is 6.95. The molecule has 112 valence electrons. The number of benzene rings is 1. The smallest absolute Gasteiger partial charge is 0.275 e. The first-order chi connectivity index (χ1) is 10.7. The molecule has 0 spiro atoms. The van der Waals surface area contributed by atoms with Crippen molar-refractivity contribution in [3.63, 3.8) is 0 Å². The van der Waals surface area contributed by atoms with E-state index in [4.69, 9.17) is 9.47 Å². The molecule has 0 saturated carbocycles. The zero-order valence-corrected chi connectivity index (χ0v) is 12.8. The lowest BCUT2D eigenvalue weighted by Gasteiger charge is -2.07. The molecule has 3 aromatic rings. The van der Waals surface area contributed by atoms with Crippen LogP contribution in [0.4, 0.5) is 0 Å². The molecule has 7 heteroatoms. The van der Waals surface area contributed by atoms with Gasteiger partial charge < -0.3 is 9.47 Å². The monoisotopic (exact) mass is 315 g/mol. The Labute approximate surface area is 130 Å². The summed E-state index contributed by atoms with van der Waals surface area (Å²) in [7, 11) is 3.21. The van der Waals surface area contributed by atoms with Crippen LogP contribution in [0.5, 0.6) is 11.5 Å². The first-order valence-electron chi connectivity index (χ1n) is 6.45. The molecule has 3 rings (SSSR count). The van der Waals surface area contributed by atoms with Gasteiger partial charge in [0.1, 0.15) is 17.0 Å². The lowest BCUT2D eigenvalue weighted by Crippen LogP contribution is -2.13. The molecule has 0 N–H and O–H groups in total. The molecule has 0 saturated heterocycles. The van der Waals surface area contributed by atoms with Crippen molar-refractivity contribution in [1.82, 2.24) is 14.6 Å². The van der Waals surface area contributed by atoms with Crippen LogP contribution >= 0.6 is 11.3 Å². The largest absolute Gasteiger partial charge is 0.497 e. The predicted molar refractivity (Wildman–Crippen MR) is 85.6 cm³/mol. The van der Waals surface area contributed by atoms with Crippen LogP contribution in [0.1, 0.15) is 11.3 Å². The summed E-state index contributed by atoms with van der Waals surface area (Å²) in [6.45, 7) is 0. The maximum Gasteiger partial charge on any atom is 0.275 e. The molecule has 0 unspecified atom stereocenters. The minimum Gasteiger partial charge on any atom is -0.497 e. The fourth-order valence-corrected chi connectivity index (χ4v) is 2.63. The number of fused-ring (bicyclic) bond motifs is 1. The van der Waals surface area contributed by atoms with Crippen LogP contribution in [-0.2, 0) is 0 Å². The van der Waals surface area contributed by atoms with E-state index in [0.29, 0.717) is 16.4 Å². The molecule has 0 amide bonds. The van der Waals surface area contributed by atoms with Crippen LogP contribution in [0.25, 0.3) is 17.1 Å². The predicted octanol–water partition coefficient (Wildman–Crippen LogP) is 2.34. The van der Waals surface area contributed by atoms with E-state index in [0.717, 1.165) is 11.3 Å². The molecule has 0 bridgehead atoms. The highest BCUT2D eigenvalue weighted by molar-refractivity contribution is 7.14. The molecule has 1 aromatic carbocycles. The van der Waals surface area contributed by atoms with Gasteiger partial charge >= 0.3 is 0 Å². The number of nitrogens with zero attached hydrogens (tertiary/aromatic N) is 3. The topological polar surface area (TPSA) is 65.7 Å². The van der Waals surface area contributed by atoms with Crippen LogP contribution in [-0.4, -0.2) is 28.8 Å². The molecular weight excluding hydrogens is 302 g/mol. The molecule has 6 nitrogen and oxygen atoms in total. The fourth-order valence-electron chi connectivity index (χ4n) is 2.00. The molecular formula is C15H13N3O3S. The average Bonchev–Trinajstić information content (AvgIpc) is 3.01. The quantitative estimate of drug-likeness (QED) is 0.739. The van der Waals surface area contributed by atoms with Crippen molar-refractivity contribution in [3.05, 3.63) is 51.4 Å². The van der Waals surface area contributed by atoms with Gasteiger partial charge in [-0.15, -0.1) is 0 Å². The van der Waals surface area contributed by atoms with Crippen molar-refractivity contribution >= 4 is 28.4 Å². The highest BCUT2D eigenvalue weighted by Crippen LogP contribution is 2.25. The van der Waals surface area contributed by atoms with Gasteiger partial charge in [0.2, 0.25) is 4.96 Å². The number of ether oxygens (including phenoxy) is 2.